The van der Waals surface area contributed by atoms with E-state index < -0.39 is 0 Å². The molecule has 4 rings (SSSR count). The van der Waals surface area contributed by atoms with Gasteiger partial charge in [0.1, 0.15) is 5.82 Å². The number of fused-ring (bicyclic) bond motifs is 1. The Morgan fingerprint density at radius 1 is 1.00 bits per heavy atom. The molecule has 0 bridgehead atoms. The molecule has 0 fully saturated rings. The first kappa shape index (κ1) is 18.4. The van der Waals surface area contributed by atoms with Gasteiger partial charge >= 0.3 is 0 Å². The number of nitrogens with zero attached hydrogens (tertiary/aromatic N) is 2. The summed E-state index contributed by atoms with van der Waals surface area (Å²) in [5.74, 6) is 0.388. The summed E-state index contributed by atoms with van der Waals surface area (Å²) < 4.78 is 2.62. The maximum atomic E-state index is 13.0. The first-order valence-electron chi connectivity index (χ1n) is 8.69. The van der Waals surface area contributed by atoms with Crippen molar-refractivity contribution in [2.24, 2.45) is 0 Å². The Kier molecular flexibility index (Phi) is 4.95. The third kappa shape index (κ3) is 3.55. The van der Waals surface area contributed by atoms with E-state index in [9.17, 15) is 9.59 Å². The monoisotopic (exact) mass is 481 g/mol. The number of carbonyl (C=O) groups is 1. The van der Waals surface area contributed by atoms with Gasteiger partial charge in [-0.1, -0.05) is 18.2 Å². The average molecular weight is 481 g/mol. The lowest BCUT2D eigenvalue weighted by Gasteiger charge is -2.12. The summed E-state index contributed by atoms with van der Waals surface area (Å²) in [6, 6.07) is 21.8. The summed E-state index contributed by atoms with van der Waals surface area (Å²) in [7, 11) is 0. The third-order valence-electron chi connectivity index (χ3n) is 4.41. The smallest absolute Gasteiger partial charge is 0.265 e. The van der Waals surface area contributed by atoms with Crippen molar-refractivity contribution < 1.29 is 4.79 Å². The molecule has 3 aromatic carbocycles. The van der Waals surface area contributed by atoms with Gasteiger partial charge in [-0.25, -0.2) is 4.98 Å². The molecule has 138 valence electrons. The largest absolute Gasteiger partial charge is 0.322 e. The highest BCUT2D eigenvalue weighted by molar-refractivity contribution is 14.1. The fraction of sp³-hybridized carbons (Fsp3) is 0.0455. The van der Waals surface area contributed by atoms with Gasteiger partial charge in [0.15, 0.2) is 0 Å². The molecule has 5 nitrogen and oxygen atoms in total. The van der Waals surface area contributed by atoms with Crippen LogP contribution in [0.3, 0.4) is 0 Å². The van der Waals surface area contributed by atoms with Crippen LogP contribution < -0.4 is 10.9 Å². The molecule has 0 aliphatic carbocycles. The van der Waals surface area contributed by atoms with Crippen molar-refractivity contribution >= 4 is 45.1 Å². The Morgan fingerprint density at radius 2 is 1.75 bits per heavy atom. The van der Waals surface area contributed by atoms with Crippen LogP contribution >= 0.6 is 22.6 Å². The van der Waals surface area contributed by atoms with Crippen molar-refractivity contribution in [2.45, 2.75) is 6.92 Å². The molecule has 4 aromatic rings. The Labute approximate surface area is 175 Å². The summed E-state index contributed by atoms with van der Waals surface area (Å²) in [5.41, 5.74) is 2.38. The average Bonchev–Trinajstić information content (AvgIpc) is 2.69. The molecule has 6 heteroatoms. The number of carbonyl (C=O) groups excluding carboxylic acids is 1. The third-order valence-corrected chi connectivity index (χ3v) is 5.13. The van der Waals surface area contributed by atoms with E-state index in [1.165, 1.54) is 0 Å². The number of hydrogen-bond donors (Lipinski definition) is 1. The number of hydrogen-bond acceptors (Lipinski definition) is 3. The van der Waals surface area contributed by atoms with E-state index >= 15 is 0 Å². The lowest BCUT2D eigenvalue weighted by atomic mass is 10.2. The first-order chi connectivity index (χ1) is 13.5. The number of amides is 1. The second kappa shape index (κ2) is 7.55. The minimum Gasteiger partial charge on any atom is -0.322 e. The molecule has 0 saturated carbocycles. The Morgan fingerprint density at radius 3 is 2.54 bits per heavy atom. The van der Waals surface area contributed by atoms with Crippen LogP contribution in [0.15, 0.2) is 77.6 Å². The SMILES string of the molecule is Cc1nc2ccccc2c(=O)n1-c1cccc(NC(=O)c2ccc(I)cc2)c1. The normalized spacial score (nSPS) is 10.8. The van der Waals surface area contributed by atoms with E-state index in [4.69, 9.17) is 0 Å². The Bertz CT molecular complexity index is 1250. The summed E-state index contributed by atoms with van der Waals surface area (Å²) in [6.45, 7) is 1.80. The Hall–Kier alpha value is -3.00. The summed E-state index contributed by atoms with van der Waals surface area (Å²) in [4.78, 5) is 30.0. The molecule has 0 saturated heterocycles. The van der Waals surface area contributed by atoms with Crippen LogP contribution in [-0.4, -0.2) is 15.5 Å². The summed E-state index contributed by atoms with van der Waals surface area (Å²) in [6.07, 6.45) is 0. The highest BCUT2D eigenvalue weighted by Gasteiger charge is 2.11. The van der Waals surface area contributed by atoms with E-state index in [-0.39, 0.29) is 11.5 Å². The molecule has 1 N–H and O–H groups in total. The van der Waals surface area contributed by atoms with Crippen LogP contribution in [0.25, 0.3) is 16.6 Å². The number of nitrogens with one attached hydrogen (secondary N) is 1. The van der Waals surface area contributed by atoms with Crippen LogP contribution in [0.1, 0.15) is 16.2 Å². The molecule has 0 aliphatic rings. The van der Waals surface area contributed by atoms with Gasteiger partial charge in [0.25, 0.3) is 11.5 Å². The molecule has 0 atom stereocenters. The Balaban J connectivity index is 1.71. The minimum absolute atomic E-state index is 0.135. The number of aryl methyl sites for hydroxylation is 1. The van der Waals surface area contributed by atoms with E-state index in [0.717, 1.165) is 3.57 Å². The zero-order valence-electron chi connectivity index (χ0n) is 15.0. The molecule has 1 amide bonds. The molecular formula is C22H16IN3O2. The molecule has 1 aromatic heterocycles. The van der Waals surface area contributed by atoms with Crippen molar-refractivity contribution in [3.05, 3.63) is 98.1 Å². The van der Waals surface area contributed by atoms with Crippen LogP contribution in [0, 0.1) is 10.5 Å². The van der Waals surface area contributed by atoms with E-state index in [1.54, 1.807) is 47.9 Å². The van der Waals surface area contributed by atoms with Crippen molar-refractivity contribution in [3.63, 3.8) is 0 Å². The van der Waals surface area contributed by atoms with Gasteiger partial charge in [-0.3, -0.25) is 14.2 Å². The van der Waals surface area contributed by atoms with Crippen molar-refractivity contribution in [1.29, 1.82) is 0 Å². The predicted molar refractivity (Wildman–Crippen MR) is 119 cm³/mol. The maximum Gasteiger partial charge on any atom is 0.265 e. The number of para-hydroxylation sites is 1. The number of halogens is 1. The van der Waals surface area contributed by atoms with Gasteiger partial charge in [0, 0.05) is 14.8 Å². The molecule has 28 heavy (non-hydrogen) atoms. The number of rotatable bonds is 3. The summed E-state index contributed by atoms with van der Waals surface area (Å²) in [5, 5.41) is 3.44. The van der Waals surface area contributed by atoms with Gasteiger partial charge in [-0.2, -0.15) is 0 Å². The highest BCUT2D eigenvalue weighted by atomic mass is 127. The van der Waals surface area contributed by atoms with Crippen LogP contribution in [0.5, 0.6) is 0 Å². The number of benzene rings is 3. The topological polar surface area (TPSA) is 64.0 Å². The predicted octanol–water partition coefficient (Wildman–Crippen LogP) is 4.55. The minimum atomic E-state index is -0.200. The van der Waals surface area contributed by atoms with Crippen molar-refractivity contribution in [1.82, 2.24) is 9.55 Å². The zero-order valence-corrected chi connectivity index (χ0v) is 17.2. The fourth-order valence-electron chi connectivity index (χ4n) is 3.08. The van der Waals surface area contributed by atoms with E-state index in [0.29, 0.717) is 33.7 Å². The van der Waals surface area contributed by atoms with Crippen LogP contribution in [-0.2, 0) is 0 Å². The lowest BCUT2D eigenvalue weighted by Crippen LogP contribution is -2.22. The number of aromatic nitrogens is 2. The van der Waals surface area contributed by atoms with Gasteiger partial charge in [0.2, 0.25) is 0 Å². The van der Waals surface area contributed by atoms with E-state index in [1.807, 2.05) is 36.4 Å². The molecule has 1 heterocycles. The number of anilines is 1. The zero-order chi connectivity index (χ0) is 19.7. The second-order valence-electron chi connectivity index (χ2n) is 6.33. The van der Waals surface area contributed by atoms with Crippen molar-refractivity contribution in [2.75, 3.05) is 5.32 Å². The maximum absolute atomic E-state index is 13.0. The quantitative estimate of drug-likeness (QED) is 0.437. The lowest BCUT2D eigenvalue weighted by molar-refractivity contribution is 0.102. The van der Waals surface area contributed by atoms with Crippen molar-refractivity contribution in [3.8, 4) is 5.69 Å². The molecular weight excluding hydrogens is 465 g/mol. The van der Waals surface area contributed by atoms with Gasteiger partial charge < -0.3 is 5.32 Å². The van der Waals surface area contributed by atoms with Crippen LogP contribution in [0.2, 0.25) is 0 Å². The molecule has 0 unspecified atom stereocenters. The van der Waals surface area contributed by atoms with Gasteiger partial charge in [0.05, 0.1) is 16.6 Å². The fourth-order valence-corrected chi connectivity index (χ4v) is 3.43. The first-order valence-corrected chi connectivity index (χ1v) is 9.76. The molecule has 0 spiro atoms. The van der Waals surface area contributed by atoms with E-state index in [2.05, 4.69) is 32.9 Å². The molecule has 0 radical (unpaired) electrons. The molecule has 0 aliphatic heterocycles. The second-order valence-corrected chi connectivity index (χ2v) is 7.57. The van der Waals surface area contributed by atoms with Crippen LogP contribution in [0.4, 0.5) is 5.69 Å². The summed E-state index contributed by atoms with van der Waals surface area (Å²) >= 11 is 2.20. The van der Waals surface area contributed by atoms with Gasteiger partial charge in [-0.15, -0.1) is 0 Å². The standard InChI is InChI=1S/C22H16IN3O2/c1-14-24-20-8-3-2-7-19(20)22(28)26(14)18-6-4-5-17(13-18)25-21(27)15-9-11-16(23)12-10-15/h2-13H,1H3,(H,25,27). The van der Waals surface area contributed by atoms with Gasteiger partial charge in [-0.05, 0) is 84.1 Å². The highest BCUT2D eigenvalue weighted by Crippen LogP contribution is 2.18.